The number of piperidine rings is 1. The molecule has 0 aromatic carbocycles. The topological polar surface area (TPSA) is 62.7 Å². The predicted octanol–water partition coefficient (Wildman–Crippen LogP) is 1.20. The lowest BCUT2D eigenvalue weighted by molar-refractivity contribution is -0.143. The van der Waals surface area contributed by atoms with Crippen LogP contribution >= 0.6 is 0 Å². The summed E-state index contributed by atoms with van der Waals surface area (Å²) in [6, 6.07) is 4.13. The Bertz CT molecular complexity index is 772. The van der Waals surface area contributed by atoms with Crippen molar-refractivity contribution >= 4 is 11.8 Å². The Hall–Kier alpha value is -2.21. The van der Waals surface area contributed by atoms with Crippen LogP contribution in [-0.2, 0) is 14.3 Å². The molecule has 26 heavy (non-hydrogen) atoms. The first-order valence-electron chi connectivity index (χ1n) is 9.40. The lowest BCUT2D eigenvalue weighted by Crippen LogP contribution is -2.48. The van der Waals surface area contributed by atoms with E-state index < -0.39 is 5.60 Å². The molecule has 4 aliphatic rings. The zero-order valence-corrected chi connectivity index (χ0v) is 14.9. The van der Waals surface area contributed by atoms with Crippen LogP contribution in [0.3, 0.4) is 0 Å². The van der Waals surface area contributed by atoms with Crippen molar-refractivity contribution in [1.29, 1.82) is 0 Å². The van der Waals surface area contributed by atoms with E-state index in [2.05, 4.69) is 17.1 Å². The number of ether oxygens (including phenoxy) is 1. The summed E-state index contributed by atoms with van der Waals surface area (Å²) in [5, 5.41) is 0. The van der Waals surface area contributed by atoms with Crippen LogP contribution in [0.5, 0.6) is 0 Å². The van der Waals surface area contributed by atoms with Crippen molar-refractivity contribution in [3.05, 3.63) is 42.2 Å². The van der Waals surface area contributed by atoms with Gasteiger partial charge in [0.2, 0.25) is 11.8 Å². The van der Waals surface area contributed by atoms with Gasteiger partial charge in [0.15, 0.2) is 0 Å². The van der Waals surface area contributed by atoms with E-state index in [1.165, 1.54) is 5.56 Å². The molecule has 6 heteroatoms. The number of carbonyl (C=O) groups excluding carboxylic acids is 2. The molecule has 3 saturated heterocycles. The first kappa shape index (κ1) is 16.0. The van der Waals surface area contributed by atoms with E-state index in [4.69, 9.17) is 4.74 Å². The molecule has 5 rings (SSSR count). The number of nitrogens with zero attached hydrogens (tertiary/aromatic N) is 3. The lowest BCUT2D eigenvalue weighted by atomic mass is 9.76. The summed E-state index contributed by atoms with van der Waals surface area (Å²) in [4.78, 5) is 33.6. The fraction of sp³-hybridized carbons (Fsp3) is 0.550. The largest absolute Gasteiger partial charge is 0.360 e. The van der Waals surface area contributed by atoms with Crippen molar-refractivity contribution in [1.82, 2.24) is 14.8 Å². The number of amides is 2. The number of fused-ring (bicyclic) bond motifs is 1. The van der Waals surface area contributed by atoms with Crippen molar-refractivity contribution in [3.8, 4) is 0 Å². The van der Waals surface area contributed by atoms with Gasteiger partial charge in [0.1, 0.15) is 5.60 Å². The van der Waals surface area contributed by atoms with Crippen molar-refractivity contribution < 1.29 is 14.3 Å². The third-order valence-electron chi connectivity index (χ3n) is 6.56. The molecule has 4 unspecified atom stereocenters. The van der Waals surface area contributed by atoms with E-state index in [0.29, 0.717) is 12.5 Å². The second kappa shape index (κ2) is 5.64. The molecule has 4 atom stereocenters. The highest BCUT2D eigenvalue weighted by molar-refractivity contribution is 5.92. The fourth-order valence-electron chi connectivity index (χ4n) is 5.25. The molecular weight excluding hydrogens is 330 g/mol. The normalized spacial score (nSPS) is 36.0. The molecule has 1 aromatic heterocycles. The minimum Gasteiger partial charge on any atom is -0.360 e. The Morgan fingerprint density at radius 1 is 1.27 bits per heavy atom. The van der Waals surface area contributed by atoms with Gasteiger partial charge in [-0.05, 0) is 36.5 Å². The van der Waals surface area contributed by atoms with Crippen molar-refractivity contribution in [3.63, 3.8) is 0 Å². The molecule has 2 bridgehead atoms. The molecule has 3 fully saturated rings. The zero-order chi connectivity index (χ0) is 17.9. The summed E-state index contributed by atoms with van der Waals surface area (Å²) in [6.45, 7) is 2.03. The standard InChI is InChI=1S/C20H23N3O3/c1-22-12-20-7-2-15(26-20)16(17(20)19(22)25)18(24)23-10-5-14(6-11-23)13-3-8-21-9-4-13/h2-4,7-9,14-17H,5-6,10-12H2,1H3. The average Bonchev–Trinajstić information content (AvgIpc) is 3.30. The molecule has 0 radical (unpaired) electrons. The number of hydrogen-bond donors (Lipinski definition) is 0. The van der Waals surface area contributed by atoms with Gasteiger partial charge < -0.3 is 14.5 Å². The van der Waals surface area contributed by atoms with Gasteiger partial charge in [-0.25, -0.2) is 0 Å². The molecule has 0 N–H and O–H groups in total. The highest BCUT2D eigenvalue weighted by Crippen LogP contribution is 2.52. The third-order valence-corrected chi connectivity index (χ3v) is 6.56. The smallest absolute Gasteiger partial charge is 0.229 e. The second-order valence-electron chi connectivity index (χ2n) is 7.97. The molecular formula is C20H23N3O3. The van der Waals surface area contributed by atoms with Gasteiger partial charge >= 0.3 is 0 Å². The number of pyridine rings is 1. The first-order valence-corrected chi connectivity index (χ1v) is 9.40. The van der Waals surface area contributed by atoms with E-state index in [1.807, 2.05) is 29.4 Å². The molecule has 4 aliphatic heterocycles. The molecule has 6 nitrogen and oxygen atoms in total. The molecule has 0 aliphatic carbocycles. The summed E-state index contributed by atoms with van der Waals surface area (Å²) < 4.78 is 6.11. The van der Waals surface area contributed by atoms with Gasteiger partial charge in [-0.15, -0.1) is 0 Å². The van der Waals surface area contributed by atoms with Crippen LogP contribution in [0.1, 0.15) is 24.3 Å². The van der Waals surface area contributed by atoms with E-state index in [9.17, 15) is 9.59 Å². The van der Waals surface area contributed by atoms with Crippen molar-refractivity contribution in [2.24, 2.45) is 11.8 Å². The number of likely N-dealkylation sites (N-methyl/N-ethyl adjacent to an activating group) is 1. The quantitative estimate of drug-likeness (QED) is 0.750. The van der Waals surface area contributed by atoms with E-state index in [0.717, 1.165) is 25.9 Å². The Morgan fingerprint density at radius 3 is 2.73 bits per heavy atom. The first-order chi connectivity index (χ1) is 12.6. The molecule has 1 aromatic rings. The SMILES string of the molecule is CN1CC23C=CC(O2)C(C(=O)N2CCC(c4ccncc4)CC2)C3C1=O. The van der Waals surface area contributed by atoms with Gasteiger partial charge in [0, 0.05) is 32.5 Å². The third kappa shape index (κ3) is 2.18. The lowest BCUT2D eigenvalue weighted by Gasteiger charge is -2.35. The number of rotatable bonds is 2. The van der Waals surface area contributed by atoms with Crippen LogP contribution in [0, 0.1) is 11.8 Å². The average molecular weight is 353 g/mol. The van der Waals surface area contributed by atoms with Gasteiger partial charge in [0.05, 0.1) is 24.5 Å². The minimum atomic E-state index is -0.577. The zero-order valence-electron chi connectivity index (χ0n) is 14.9. The monoisotopic (exact) mass is 353 g/mol. The minimum absolute atomic E-state index is 0.0434. The fourth-order valence-corrected chi connectivity index (χ4v) is 5.25. The molecule has 2 amide bonds. The molecule has 1 spiro atoms. The van der Waals surface area contributed by atoms with Crippen LogP contribution in [0.2, 0.25) is 0 Å². The Morgan fingerprint density at radius 2 is 2.00 bits per heavy atom. The van der Waals surface area contributed by atoms with Crippen LogP contribution in [0.25, 0.3) is 0 Å². The van der Waals surface area contributed by atoms with E-state index in [-0.39, 0.29) is 29.8 Å². The highest BCUT2D eigenvalue weighted by atomic mass is 16.5. The van der Waals surface area contributed by atoms with Crippen molar-refractivity contribution in [2.45, 2.75) is 30.5 Å². The van der Waals surface area contributed by atoms with E-state index in [1.54, 1.807) is 11.9 Å². The number of likely N-dealkylation sites (tertiary alicyclic amines) is 2. The van der Waals surface area contributed by atoms with Crippen molar-refractivity contribution in [2.75, 3.05) is 26.7 Å². The van der Waals surface area contributed by atoms with Gasteiger partial charge in [-0.3, -0.25) is 14.6 Å². The molecule has 136 valence electrons. The van der Waals surface area contributed by atoms with Gasteiger partial charge in [-0.1, -0.05) is 12.2 Å². The number of hydrogen-bond acceptors (Lipinski definition) is 4. The molecule has 5 heterocycles. The Labute approximate surface area is 152 Å². The predicted molar refractivity (Wildman–Crippen MR) is 94.2 cm³/mol. The van der Waals surface area contributed by atoms with E-state index >= 15 is 0 Å². The van der Waals surface area contributed by atoms with Gasteiger partial charge in [-0.2, -0.15) is 0 Å². The second-order valence-corrected chi connectivity index (χ2v) is 7.97. The summed E-state index contributed by atoms with van der Waals surface area (Å²) in [7, 11) is 1.79. The summed E-state index contributed by atoms with van der Waals surface area (Å²) in [6.07, 6.45) is 9.29. The van der Waals surface area contributed by atoms with Crippen LogP contribution in [0.4, 0.5) is 0 Å². The maximum Gasteiger partial charge on any atom is 0.229 e. The number of aromatic nitrogens is 1. The maximum absolute atomic E-state index is 13.3. The molecule has 0 saturated carbocycles. The summed E-state index contributed by atoms with van der Waals surface area (Å²) in [5.41, 5.74) is 0.719. The maximum atomic E-state index is 13.3. The Kier molecular flexibility index (Phi) is 3.47. The summed E-state index contributed by atoms with van der Waals surface area (Å²) in [5.74, 6) is -0.114. The summed E-state index contributed by atoms with van der Waals surface area (Å²) >= 11 is 0. The van der Waals surface area contributed by atoms with Crippen LogP contribution in [-0.4, -0.2) is 65.0 Å². The Balaban J connectivity index is 1.31. The number of carbonyl (C=O) groups is 2. The van der Waals surface area contributed by atoms with Crippen LogP contribution < -0.4 is 0 Å². The van der Waals surface area contributed by atoms with Crippen LogP contribution in [0.15, 0.2) is 36.7 Å². The highest BCUT2D eigenvalue weighted by Gasteiger charge is 2.66. The van der Waals surface area contributed by atoms with Gasteiger partial charge in [0.25, 0.3) is 0 Å².